The maximum atomic E-state index is 12.3. The van der Waals surface area contributed by atoms with Gasteiger partial charge in [0.1, 0.15) is 10.6 Å². The van der Waals surface area contributed by atoms with Gasteiger partial charge in [-0.05, 0) is 42.5 Å². The molecular weight excluding hydrogens is 290 g/mol. The van der Waals surface area contributed by atoms with Gasteiger partial charge in [-0.2, -0.15) is 5.10 Å². The molecule has 1 atom stereocenters. The number of aromatic nitrogens is 2. The number of aryl methyl sites for hydroxylation is 1. The third-order valence-corrected chi connectivity index (χ3v) is 5.18. The molecule has 7 heteroatoms. The van der Waals surface area contributed by atoms with E-state index in [4.69, 9.17) is 4.74 Å². The third kappa shape index (κ3) is 2.79. The van der Waals surface area contributed by atoms with Crippen molar-refractivity contribution < 1.29 is 13.2 Å². The molecule has 1 unspecified atom stereocenters. The van der Waals surface area contributed by atoms with Crippen LogP contribution in [0.15, 0.2) is 35.5 Å². The number of hydrogen-bond donors (Lipinski definition) is 2. The SMILES string of the molecule is COc1ccc2c(c1)CCCC2NS(=O)(=O)c1cn[nH]c1. The van der Waals surface area contributed by atoms with Crippen LogP contribution in [0, 0.1) is 0 Å². The lowest BCUT2D eigenvalue weighted by Gasteiger charge is -2.26. The number of sulfonamides is 1. The largest absolute Gasteiger partial charge is 0.497 e. The molecule has 0 spiro atoms. The molecule has 112 valence electrons. The lowest BCUT2D eigenvalue weighted by molar-refractivity contribution is 0.412. The van der Waals surface area contributed by atoms with Gasteiger partial charge in [0.15, 0.2) is 0 Å². The van der Waals surface area contributed by atoms with Gasteiger partial charge in [0.25, 0.3) is 0 Å². The summed E-state index contributed by atoms with van der Waals surface area (Å²) in [5.74, 6) is 0.798. The zero-order chi connectivity index (χ0) is 14.9. The Bertz CT molecular complexity index is 726. The minimum atomic E-state index is -3.55. The maximum absolute atomic E-state index is 12.3. The van der Waals surface area contributed by atoms with Crippen LogP contribution in [-0.4, -0.2) is 25.7 Å². The predicted molar refractivity (Wildman–Crippen MR) is 77.6 cm³/mol. The molecule has 1 aromatic heterocycles. The fraction of sp³-hybridized carbons (Fsp3) is 0.357. The summed E-state index contributed by atoms with van der Waals surface area (Å²) in [4.78, 5) is 0.156. The van der Waals surface area contributed by atoms with E-state index in [1.807, 2.05) is 18.2 Å². The van der Waals surface area contributed by atoms with Crippen molar-refractivity contribution in [3.05, 3.63) is 41.7 Å². The van der Waals surface area contributed by atoms with Crippen molar-refractivity contribution in [2.45, 2.75) is 30.2 Å². The number of fused-ring (bicyclic) bond motifs is 1. The van der Waals surface area contributed by atoms with Crippen LogP contribution in [-0.2, 0) is 16.4 Å². The van der Waals surface area contributed by atoms with Gasteiger partial charge in [0, 0.05) is 12.2 Å². The standard InChI is InChI=1S/C14H17N3O3S/c1-20-11-5-6-13-10(7-11)3-2-4-14(13)17-21(18,19)12-8-15-16-9-12/h5-9,14,17H,2-4H2,1H3,(H,15,16). The van der Waals surface area contributed by atoms with Crippen LogP contribution in [0.1, 0.15) is 30.0 Å². The van der Waals surface area contributed by atoms with Crippen LogP contribution in [0.25, 0.3) is 0 Å². The third-order valence-electron chi connectivity index (χ3n) is 3.75. The van der Waals surface area contributed by atoms with Gasteiger partial charge in [0.05, 0.1) is 13.3 Å². The van der Waals surface area contributed by atoms with E-state index in [1.165, 1.54) is 12.4 Å². The van der Waals surface area contributed by atoms with E-state index in [1.54, 1.807) is 7.11 Å². The van der Waals surface area contributed by atoms with Crippen molar-refractivity contribution in [2.75, 3.05) is 7.11 Å². The summed E-state index contributed by atoms with van der Waals surface area (Å²) in [6, 6.07) is 5.58. The molecule has 1 aromatic carbocycles. The molecule has 2 N–H and O–H groups in total. The number of benzene rings is 1. The second kappa shape index (κ2) is 5.50. The molecule has 0 radical (unpaired) electrons. The normalized spacial score (nSPS) is 18.2. The highest BCUT2D eigenvalue weighted by atomic mass is 32.2. The highest BCUT2D eigenvalue weighted by Crippen LogP contribution is 2.33. The summed E-state index contributed by atoms with van der Waals surface area (Å²) in [7, 11) is -1.92. The maximum Gasteiger partial charge on any atom is 0.244 e. The van der Waals surface area contributed by atoms with Gasteiger partial charge in [-0.25, -0.2) is 13.1 Å². The first kappa shape index (κ1) is 14.1. The van der Waals surface area contributed by atoms with E-state index in [-0.39, 0.29) is 10.9 Å². The molecular formula is C14H17N3O3S. The van der Waals surface area contributed by atoms with Crippen LogP contribution in [0.2, 0.25) is 0 Å². The van der Waals surface area contributed by atoms with E-state index >= 15 is 0 Å². The first-order valence-corrected chi connectivity index (χ1v) is 8.26. The molecule has 6 nitrogen and oxygen atoms in total. The zero-order valence-electron chi connectivity index (χ0n) is 11.7. The highest BCUT2D eigenvalue weighted by molar-refractivity contribution is 7.89. The van der Waals surface area contributed by atoms with E-state index < -0.39 is 10.0 Å². The molecule has 0 bridgehead atoms. The first-order chi connectivity index (χ1) is 10.1. The smallest absolute Gasteiger partial charge is 0.244 e. The van der Waals surface area contributed by atoms with Crippen LogP contribution in [0.4, 0.5) is 0 Å². The summed E-state index contributed by atoms with van der Waals surface area (Å²) >= 11 is 0. The number of ether oxygens (including phenoxy) is 1. The van der Waals surface area contributed by atoms with Gasteiger partial charge in [-0.15, -0.1) is 0 Å². The van der Waals surface area contributed by atoms with Crippen LogP contribution in [0.5, 0.6) is 5.75 Å². The Morgan fingerprint density at radius 3 is 3.00 bits per heavy atom. The minimum Gasteiger partial charge on any atom is -0.497 e. The summed E-state index contributed by atoms with van der Waals surface area (Å²) < 4.78 is 32.6. The van der Waals surface area contributed by atoms with Crippen molar-refractivity contribution in [1.29, 1.82) is 0 Å². The summed E-state index contributed by atoms with van der Waals surface area (Å²) in [5, 5.41) is 6.21. The molecule has 1 aliphatic carbocycles. The molecule has 1 heterocycles. The van der Waals surface area contributed by atoms with Gasteiger partial charge >= 0.3 is 0 Å². The molecule has 0 saturated heterocycles. The molecule has 0 saturated carbocycles. The first-order valence-electron chi connectivity index (χ1n) is 6.78. The van der Waals surface area contributed by atoms with Crippen LogP contribution in [0.3, 0.4) is 0 Å². The molecule has 0 amide bonds. The number of H-pyrrole nitrogens is 1. The second-order valence-corrected chi connectivity index (χ2v) is 6.78. The van der Waals surface area contributed by atoms with Crippen molar-refractivity contribution in [1.82, 2.24) is 14.9 Å². The minimum absolute atomic E-state index is 0.156. The van der Waals surface area contributed by atoms with E-state index in [0.29, 0.717) is 0 Å². The Morgan fingerprint density at radius 2 is 2.29 bits per heavy atom. The van der Waals surface area contributed by atoms with E-state index in [9.17, 15) is 8.42 Å². The van der Waals surface area contributed by atoms with E-state index in [2.05, 4.69) is 14.9 Å². The van der Waals surface area contributed by atoms with Gasteiger partial charge in [0.2, 0.25) is 10.0 Å². The monoisotopic (exact) mass is 307 g/mol. The Balaban J connectivity index is 1.89. The number of methoxy groups -OCH3 is 1. The van der Waals surface area contributed by atoms with Gasteiger partial charge < -0.3 is 4.74 Å². The van der Waals surface area contributed by atoms with Crippen molar-refractivity contribution in [3.8, 4) is 5.75 Å². The molecule has 0 fully saturated rings. The van der Waals surface area contributed by atoms with Crippen molar-refractivity contribution in [3.63, 3.8) is 0 Å². The lowest BCUT2D eigenvalue weighted by Crippen LogP contribution is -2.30. The topological polar surface area (TPSA) is 84.1 Å². The van der Waals surface area contributed by atoms with Gasteiger partial charge in [-0.1, -0.05) is 6.07 Å². The summed E-state index contributed by atoms with van der Waals surface area (Å²) in [6.45, 7) is 0. The number of nitrogens with zero attached hydrogens (tertiary/aromatic N) is 1. The Morgan fingerprint density at radius 1 is 1.43 bits per heavy atom. The Kier molecular flexibility index (Phi) is 3.69. The number of nitrogens with one attached hydrogen (secondary N) is 2. The molecule has 3 rings (SSSR count). The zero-order valence-corrected chi connectivity index (χ0v) is 12.5. The fourth-order valence-electron chi connectivity index (χ4n) is 2.68. The average molecular weight is 307 g/mol. The van der Waals surface area contributed by atoms with Crippen molar-refractivity contribution >= 4 is 10.0 Å². The number of aromatic amines is 1. The van der Waals surface area contributed by atoms with Crippen LogP contribution < -0.4 is 9.46 Å². The predicted octanol–water partition coefficient (Wildman–Crippen LogP) is 1.77. The highest BCUT2D eigenvalue weighted by Gasteiger charge is 2.26. The number of hydrogen-bond acceptors (Lipinski definition) is 4. The summed E-state index contributed by atoms with van der Waals surface area (Å²) in [6.07, 6.45) is 5.35. The molecule has 2 aromatic rings. The number of rotatable bonds is 4. The quantitative estimate of drug-likeness (QED) is 0.901. The fourth-order valence-corrected chi connectivity index (χ4v) is 3.84. The molecule has 1 aliphatic rings. The second-order valence-electron chi connectivity index (χ2n) is 5.06. The van der Waals surface area contributed by atoms with Crippen LogP contribution >= 0.6 is 0 Å². The lowest BCUT2D eigenvalue weighted by atomic mass is 9.88. The Hall–Kier alpha value is -1.86. The molecule has 21 heavy (non-hydrogen) atoms. The average Bonchev–Trinajstić information content (AvgIpc) is 3.02. The van der Waals surface area contributed by atoms with E-state index in [0.717, 1.165) is 36.1 Å². The molecule has 0 aliphatic heterocycles. The van der Waals surface area contributed by atoms with Gasteiger partial charge in [-0.3, -0.25) is 5.10 Å². The summed E-state index contributed by atoms with van der Waals surface area (Å²) in [5.41, 5.74) is 2.16. The Labute approximate surface area is 123 Å². The van der Waals surface area contributed by atoms with Crippen molar-refractivity contribution in [2.24, 2.45) is 0 Å².